The lowest BCUT2D eigenvalue weighted by Gasteiger charge is -2.19. The Kier molecular flexibility index (Phi) is 4.67. The average Bonchev–Trinajstić information content (AvgIpc) is 2.83. The van der Waals surface area contributed by atoms with Crippen LogP contribution >= 0.6 is 15.9 Å². The summed E-state index contributed by atoms with van der Waals surface area (Å²) in [4.78, 5) is 15.8. The van der Waals surface area contributed by atoms with Crippen LogP contribution in [0.15, 0.2) is 41.3 Å². The van der Waals surface area contributed by atoms with Crippen molar-refractivity contribution in [2.24, 2.45) is 0 Å². The second kappa shape index (κ2) is 6.30. The van der Waals surface area contributed by atoms with Gasteiger partial charge in [-0.25, -0.2) is 9.78 Å². The van der Waals surface area contributed by atoms with Crippen molar-refractivity contribution in [3.8, 4) is 5.69 Å². The molecule has 0 bridgehead atoms. The minimum atomic E-state index is -0.504. The van der Waals surface area contributed by atoms with Crippen molar-refractivity contribution in [2.75, 3.05) is 0 Å². The average molecular weight is 352 g/mol. The van der Waals surface area contributed by atoms with Crippen LogP contribution in [0.3, 0.4) is 0 Å². The van der Waals surface area contributed by atoms with Crippen LogP contribution in [0.1, 0.15) is 26.5 Å². The van der Waals surface area contributed by atoms with Gasteiger partial charge in [-0.3, -0.25) is 0 Å². The fourth-order valence-electron chi connectivity index (χ4n) is 1.76. The van der Waals surface area contributed by atoms with Gasteiger partial charge in [0.1, 0.15) is 5.60 Å². The van der Waals surface area contributed by atoms with E-state index in [1.165, 1.54) is 0 Å². The quantitative estimate of drug-likeness (QED) is 0.917. The fraction of sp³-hybridized carbons (Fsp3) is 0.333. The smallest absolute Gasteiger partial charge is 0.407 e. The molecule has 1 aromatic carbocycles. The number of nitrogens with one attached hydrogen (secondary N) is 1. The third-order valence-corrected chi connectivity index (χ3v) is 3.16. The van der Waals surface area contributed by atoms with E-state index in [2.05, 4.69) is 26.2 Å². The first-order valence-electron chi connectivity index (χ1n) is 6.59. The van der Waals surface area contributed by atoms with Gasteiger partial charge in [-0.2, -0.15) is 0 Å². The van der Waals surface area contributed by atoms with Crippen LogP contribution in [0.5, 0.6) is 0 Å². The van der Waals surface area contributed by atoms with Crippen LogP contribution in [0, 0.1) is 0 Å². The Hall–Kier alpha value is -1.82. The maximum absolute atomic E-state index is 11.7. The Morgan fingerprint density at radius 3 is 2.62 bits per heavy atom. The van der Waals surface area contributed by atoms with Crippen molar-refractivity contribution in [3.63, 3.8) is 0 Å². The molecule has 21 heavy (non-hydrogen) atoms. The number of benzene rings is 1. The van der Waals surface area contributed by atoms with Crippen LogP contribution in [0.2, 0.25) is 0 Å². The summed E-state index contributed by atoms with van der Waals surface area (Å²) in [6.45, 7) is 5.85. The van der Waals surface area contributed by atoms with Crippen molar-refractivity contribution < 1.29 is 9.53 Å². The van der Waals surface area contributed by atoms with E-state index in [4.69, 9.17) is 4.74 Å². The van der Waals surface area contributed by atoms with E-state index >= 15 is 0 Å². The van der Waals surface area contributed by atoms with Crippen molar-refractivity contribution in [2.45, 2.75) is 32.9 Å². The number of aromatic nitrogens is 2. The number of halogens is 1. The molecule has 0 saturated heterocycles. The highest BCUT2D eigenvalue weighted by Gasteiger charge is 2.16. The minimum absolute atomic E-state index is 0.352. The molecular weight excluding hydrogens is 334 g/mol. The summed E-state index contributed by atoms with van der Waals surface area (Å²) in [5.74, 6) is 0. The van der Waals surface area contributed by atoms with Gasteiger partial charge in [0.2, 0.25) is 0 Å². The summed E-state index contributed by atoms with van der Waals surface area (Å²) in [6.07, 6.45) is 3.00. The van der Waals surface area contributed by atoms with Crippen LogP contribution in [0.25, 0.3) is 5.69 Å². The van der Waals surface area contributed by atoms with Gasteiger partial charge < -0.3 is 14.6 Å². The number of ether oxygens (including phenoxy) is 1. The highest BCUT2D eigenvalue weighted by Crippen LogP contribution is 2.16. The van der Waals surface area contributed by atoms with Crippen LogP contribution in [-0.4, -0.2) is 21.2 Å². The van der Waals surface area contributed by atoms with E-state index in [1.54, 1.807) is 12.5 Å². The molecular formula is C15H18BrN3O2. The molecule has 0 aliphatic heterocycles. The van der Waals surface area contributed by atoms with Gasteiger partial charge in [0.15, 0.2) is 0 Å². The molecule has 6 heteroatoms. The predicted octanol–water partition coefficient (Wildman–Crippen LogP) is 3.66. The summed E-state index contributed by atoms with van der Waals surface area (Å²) in [7, 11) is 0. The Bertz CT molecular complexity index is 615. The molecule has 2 aromatic rings. The molecule has 1 N–H and O–H groups in total. The monoisotopic (exact) mass is 351 g/mol. The molecule has 0 saturated carbocycles. The van der Waals surface area contributed by atoms with Crippen molar-refractivity contribution in [3.05, 3.63) is 47.0 Å². The third-order valence-electron chi connectivity index (χ3n) is 2.63. The Balaban J connectivity index is 2.04. The molecule has 0 spiro atoms. The van der Waals surface area contributed by atoms with E-state index in [1.807, 2.05) is 49.6 Å². The lowest BCUT2D eigenvalue weighted by molar-refractivity contribution is 0.0522. The van der Waals surface area contributed by atoms with Gasteiger partial charge in [-0.1, -0.05) is 15.9 Å². The molecule has 2 rings (SSSR count). The van der Waals surface area contributed by atoms with Gasteiger partial charge in [-0.15, -0.1) is 0 Å². The SMILES string of the molecule is CC(C)(C)OC(=O)NCc1cncn1-c1ccc(Br)cc1. The second-order valence-corrected chi connectivity index (χ2v) is 6.50. The summed E-state index contributed by atoms with van der Waals surface area (Å²) >= 11 is 3.41. The van der Waals surface area contributed by atoms with E-state index in [-0.39, 0.29) is 0 Å². The van der Waals surface area contributed by atoms with Crippen molar-refractivity contribution >= 4 is 22.0 Å². The number of hydrogen-bond acceptors (Lipinski definition) is 3. The van der Waals surface area contributed by atoms with Gasteiger partial charge in [-0.05, 0) is 45.0 Å². The number of carbonyl (C=O) groups excluding carboxylic acids is 1. The maximum atomic E-state index is 11.7. The number of amides is 1. The zero-order chi connectivity index (χ0) is 15.5. The third kappa shape index (κ3) is 4.60. The topological polar surface area (TPSA) is 56.1 Å². The largest absolute Gasteiger partial charge is 0.444 e. The van der Waals surface area contributed by atoms with E-state index in [0.29, 0.717) is 6.54 Å². The van der Waals surface area contributed by atoms with Gasteiger partial charge >= 0.3 is 6.09 Å². The number of hydrogen-bond donors (Lipinski definition) is 1. The molecule has 1 amide bonds. The zero-order valence-corrected chi connectivity index (χ0v) is 13.8. The zero-order valence-electron chi connectivity index (χ0n) is 12.3. The lowest BCUT2D eigenvalue weighted by atomic mass is 10.2. The van der Waals surface area contributed by atoms with Gasteiger partial charge in [0.05, 0.1) is 24.8 Å². The van der Waals surface area contributed by atoms with Crippen LogP contribution in [0.4, 0.5) is 4.79 Å². The minimum Gasteiger partial charge on any atom is -0.444 e. The standard InChI is InChI=1S/C15H18BrN3O2/c1-15(2,3)21-14(20)18-9-13-8-17-10-19(13)12-6-4-11(16)5-7-12/h4-8,10H,9H2,1-3H3,(H,18,20). The molecule has 0 fully saturated rings. The molecule has 0 aliphatic rings. The number of nitrogens with zero attached hydrogens (tertiary/aromatic N) is 2. The number of carbonyl (C=O) groups is 1. The molecule has 0 radical (unpaired) electrons. The number of alkyl carbamates (subject to hydrolysis) is 1. The van der Waals surface area contributed by atoms with E-state index < -0.39 is 11.7 Å². The maximum Gasteiger partial charge on any atom is 0.407 e. The van der Waals surface area contributed by atoms with E-state index in [9.17, 15) is 4.79 Å². The fourth-order valence-corrected chi connectivity index (χ4v) is 2.03. The molecule has 1 aromatic heterocycles. The normalized spacial score (nSPS) is 11.2. The molecule has 0 aliphatic carbocycles. The van der Waals surface area contributed by atoms with Crippen molar-refractivity contribution in [1.82, 2.24) is 14.9 Å². The van der Waals surface area contributed by atoms with Crippen molar-refractivity contribution in [1.29, 1.82) is 0 Å². The summed E-state index contributed by atoms with van der Waals surface area (Å²) < 4.78 is 8.15. The van der Waals surface area contributed by atoms with E-state index in [0.717, 1.165) is 15.9 Å². The summed E-state index contributed by atoms with van der Waals surface area (Å²) in [6, 6.07) is 7.87. The molecule has 1 heterocycles. The predicted molar refractivity (Wildman–Crippen MR) is 84.3 cm³/mol. The Morgan fingerprint density at radius 2 is 2.00 bits per heavy atom. The lowest BCUT2D eigenvalue weighted by Crippen LogP contribution is -2.32. The van der Waals surface area contributed by atoms with Gasteiger partial charge in [0.25, 0.3) is 0 Å². The Morgan fingerprint density at radius 1 is 1.33 bits per heavy atom. The molecule has 0 unspecified atom stereocenters. The van der Waals surface area contributed by atoms with Crippen LogP contribution in [-0.2, 0) is 11.3 Å². The summed E-state index contributed by atoms with van der Waals surface area (Å²) in [5.41, 5.74) is 1.36. The van der Waals surface area contributed by atoms with Crippen LogP contribution < -0.4 is 5.32 Å². The number of imidazole rings is 1. The van der Waals surface area contributed by atoms with Gasteiger partial charge in [0, 0.05) is 10.2 Å². The Labute approximate surface area is 132 Å². The first kappa shape index (κ1) is 15.6. The number of rotatable bonds is 3. The summed E-state index contributed by atoms with van der Waals surface area (Å²) in [5, 5.41) is 2.73. The second-order valence-electron chi connectivity index (χ2n) is 5.59. The highest BCUT2D eigenvalue weighted by molar-refractivity contribution is 9.10. The first-order valence-corrected chi connectivity index (χ1v) is 7.38. The molecule has 0 atom stereocenters. The molecule has 5 nitrogen and oxygen atoms in total. The molecule has 112 valence electrons. The first-order chi connectivity index (χ1) is 9.85. The highest BCUT2D eigenvalue weighted by atomic mass is 79.9.